The molecule has 74 valence electrons. The molecule has 0 amide bonds. The molecule has 2 heterocycles. The summed E-state index contributed by atoms with van der Waals surface area (Å²) in [6.07, 6.45) is 0.0791. The van der Waals surface area contributed by atoms with E-state index >= 15 is 0 Å². The largest absolute Gasteiger partial charge is 0.477 e. The first-order valence-electron chi connectivity index (χ1n) is 4.22. The fourth-order valence-electron chi connectivity index (χ4n) is 1.81. The molecule has 2 atom stereocenters. The Hall–Kier alpha value is -0.650. The Kier molecular flexibility index (Phi) is 1.67. The van der Waals surface area contributed by atoms with Gasteiger partial charge in [0.1, 0.15) is 6.10 Å². The Labute approximate surface area is 75.6 Å². The van der Waals surface area contributed by atoms with E-state index in [1.165, 1.54) is 0 Å². The number of hydrogen-bond acceptors (Lipinski definition) is 4. The molecule has 0 radical (unpaired) electrons. The molecule has 1 N–H and O–H groups in total. The zero-order valence-corrected chi connectivity index (χ0v) is 7.57. The average molecular weight is 188 g/mol. The van der Waals surface area contributed by atoms with Crippen LogP contribution in [0.2, 0.25) is 0 Å². The molecule has 0 bridgehead atoms. The minimum Gasteiger partial charge on any atom is -0.477 e. The minimum absolute atomic E-state index is 0.368. The molecule has 2 saturated heterocycles. The van der Waals surface area contributed by atoms with Gasteiger partial charge >= 0.3 is 5.97 Å². The first-order valence-corrected chi connectivity index (χ1v) is 4.22. The maximum atomic E-state index is 11.0. The van der Waals surface area contributed by atoms with Gasteiger partial charge in [0.2, 0.25) is 0 Å². The number of hydrogen-bond donors (Lipinski definition) is 1. The predicted molar refractivity (Wildman–Crippen MR) is 41.0 cm³/mol. The molecule has 13 heavy (non-hydrogen) atoms. The molecule has 2 fully saturated rings. The van der Waals surface area contributed by atoms with Crippen LogP contribution in [0.3, 0.4) is 0 Å². The predicted octanol–water partition coefficient (Wildman–Crippen LogP) is 0.339. The van der Waals surface area contributed by atoms with Crippen LogP contribution in [0, 0.1) is 0 Å². The van der Waals surface area contributed by atoms with Crippen molar-refractivity contribution in [3.8, 4) is 0 Å². The van der Waals surface area contributed by atoms with E-state index in [9.17, 15) is 4.79 Å². The third-order valence-electron chi connectivity index (χ3n) is 2.24. The maximum Gasteiger partial charge on any atom is 0.367 e. The summed E-state index contributed by atoms with van der Waals surface area (Å²) in [4.78, 5) is 11.0. The molecule has 0 aliphatic carbocycles. The van der Waals surface area contributed by atoms with Gasteiger partial charge in [0, 0.05) is 6.42 Å². The second kappa shape index (κ2) is 2.43. The van der Waals surface area contributed by atoms with Crippen LogP contribution in [-0.2, 0) is 19.0 Å². The van der Waals surface area contributed by atoms with Gasteiger partial charge in [0.05, 0.1) is 6.61 Å². The van der Waals surface area contributed by atoms with Crippen LogP contribution < -0.4 is 0 Å². The van der Waals surface area contributed by atoms with E-state index in [4.69, 9.17) is 19.3 Å². The van der Waals surface area contributed by atoms with Gasteiger partial charge in [-0.3, -0.25) is 0 Å². The average Bonchev–Trinajstić information content (AvgIpc) is 2.40. The van der Waals surface area contributed by atoms with Crippen molar-refractivity contribution in [2.75, 3.05) is 6.61 Å². The highest BCUT2D eigenvalue weighted by Gasteiger charge is 2.62. The fourth-order valence-corrected chi connectivity index (χ4v) is 1.81. The normalized spacial score (nSPS) is 41.8. The van der Waals surface area contributed by atoms with Crippen molar-refractivity contribution in [3.63, 3.8) is 0 Å². The Morgan fingerprint density at radius 2 is 2.23 bits per heavy atom. The van der Waals surface area contributed by atoms with Gasteiger partial charge in [-0.25, -0.2) is 4.79 Å². The number of fused-ring (bicyclic) bond motifs is 1. The van der Waals surface area contributed by atoms with Crippen molar-refractivity contribution >= 4 is 5.97 Å². The zero-order chi connectivity index (χ0) is 9.69. The van der Waals surface area contributed by atoms with Crippen LogP contribution in [0.1, 0.15) is 20.3 Å². The van der Waals surface area contributed by atoms with Crippen molar-refractivity contribution in [3.05, 3.63) is 0 Å². The number of rotatable bonds is 1. The first-order chi connectivity index (χ1) is 5.96. The van der Waals surface area contributed by atoms with Gasteiger partial charge in [0.15, 0.2) is 5.79 Å². The summed E-state index contributed by atoms with van der Waals surface area (Å²) in [5.41, 5.74) is 0. The van der Waals surface area contributed by atoms with E-state index in [1.54, 1.807) is 13.8 Å². The standard InChI is InChI=1S/C8H12O5/c1-7(2)12-5-3-4-11-8(5,13-7)6(9)10/h5H,3-4H2,1-2H3,(H,9,10)/t5?,8-/m1/s1. The summed E-state index contributed by atoms with van der Waals surface area (Å²) in [6, 6.07) is 0. The van der Waals surface area contributed by atoms with Crippen LogP contribution in [0.5, 0.6) is 0 Å². The van der Waals surface area contributed by atoms with Crippen LogP contribution in [0.15, 0.2) is 0 Å². The lowest BCUT2D eigenvalue weighted by Gasteiger charge is -2.22. The lowest BCUT2D eigenvalue weighted by Crippen LogP contribution is -2.46. The molecule has 5 heteroatoms. The fraction of sp³-hybridized carbons (Fsp3) is 0.875. The highest BCUT2D eigenvalue weighted by atomic mass is 16.9. The second-order valence-corrected chi connectivity index (χ2v) is 3.72. The van der Waals surface area contributed by atoms with Crippen LogP contribution in [-0.4, -0.2) is 35.4 Å². The first kappa shape index (κ1) is 8.93. The summed E-state index contributed by atoms with van der Waals surface area (Å²) in [7, 11) is 0. The molecule has 2 aliphatic rings. The molecule has 0 saturated carbocycles. The third-order valence-corrected chi connectivity index (χ3v) is 2.24. The number of aliphatic carboxylic acids is 1. The molecule has 2 aliphatic heterocycles. The molecular formula is C8H12O5. The van der Waals surface area contributed by atoms with Crippen molar-refractivity contribution in [1.29, 1.82) is 0 Å². The minimum atomic E-state index is -1.57. The van der Waals surface area contributed by atoms with Gasteiger partial charge in [0.25, 0.3) is 5.79 Å². The van der Waals surface area contributed by atoms with Gasteiger partial charge in [-0.2, -0.15) is 0 Å². The van der Waals surface area contributed by atoms with Crippen molar-refractivity contribution in [2.45, 2.75) is 37.9 Å². The molecular weight excluding hydrogens is 176 g/mol. The van der Waals surface area contributed by atoms with Crippen molar-refractivity contribution < 1.29 is 24.1 Å². The number of carbonyl (C=O) groups is 1. The van der Waals surface area contributed by atoms with Gasteiger partial charge in [-0.05, 0) is 13.8 Å². The van der Waals surface area contributed by atoms with E-state index in [2.05, 4.69) is 0 Å². The smallest absolute Gasteiger partial charge is 0.367 e. The van der Waals surface area contributed by atoms with E-state index < -0.39 is 23.6 Å². The molecule has 2 rings (SSSR count). The summed E-state index contributed by atoms with van der Waals surface area (Å²) < 4.78 is 15.8. The Bertz CT molecular complexity index is 249. The SMILES string of the molecule is CC1(C)OC2CCO[C@@]2(C(=O)O)O1. The van der Waals surface area contributed by atoms with E-state index in [0.29, 0.717) is 13.0 Å². The monoisotopic (exact) mass is 188 g/mol. The molecule has 0 aromatic heterocycles. The Balaban J connectivity index is 2.30. The summed E-state index contributed by atoms with van der Waals surface area (Å²) >= 11 is 0. The summed E-state index contributed by atoms with van der Waals surface area (Å²) in [6.45, 7) is 3.73. The van der Waals surface area contributed by atoms with Crippen LogP contribution in [0.25, 0.3) is 0 Å². The van der Waals surface area contributed by atoms with Crippen molar-refractivity contribution in [2.24, 2.45) is 0 Å². The topological polar surface area (TPSA) is 65.0 Å². The van der Waals surface area contributed by atoms with Crippen molar-refractivity contribution in [1.82, 2.24) is 0 Å². The molecule has 1 unspecified atom stereocenters. The maximum absolute atomic E-state index is 11.0. The highest BCUT2D eigenvalue weighted by molar-refractivity contribution is 5.77. The van der Waals surface area contributed by atoms with Gasteiger partial charge in [-0.15, -0.1) is 0 Å². The molecule has 5 nitrogen and oxygen atoms in total. The Morgan fingerprint density at radius 3 is 2.77 bits per heavy atom. The van der Waals surface area contributed by atoms with Gasteiger partial charge < -0.3 is 19.3 Å². The zero-order valence-electron chi connectivity index (χ0n) is 7.57. The lowest BCUT2D eigenvalue weighted by molar-refractivity contribution is -0.249. The second-order valence-electron chi connectivity index (χ2n) is 3.72. The summed E-state index contributed by atoms with van der Waals surface area (Å²) in [5, 5.41) is 8.98. The summed E-state index contributed by atoms with van der Waals surface area (Å²) in [5.74, 6) is -3.55. The van der Waals surface area contributed by atoms with E-state index in [0.717, 1.165) is 0 Å². The van der Waals surface area contributed by atoms with Crippen LogP contribution in [0.4, 0.5) is 0 Å². The number of carboxylic acid groups (broad SMARTS) is 1. The number of ether oxygens (including phenoxy) is 3. The third kappa shape index (κ3) is 1.15. The molecule has 0 aromatic carbocycles. The highest BCUT2D eigenvalue weighted by Crippen LogP contribution is 2.42. The molecule has 0 aromatic rings. The number of carboxylic acids is 1. The Morgan fingerprint density at radius 1 is 1.54 bits per heavy atom. The quantitative estimate of drug-likeness (QED) is 0.642. The van der Waals surface area contributed by atoms with Crippen LogP contribution >= 0.6 is 0 Å². The van der Waals surface area contributed by atoms with E-state index in [1.807, 2.05) is 0 Å². The lowest BCUT2D eigenvalue weighted by atomic mass is 10.1. The molecule has 0 spiro atoms. The van der Waals surface area contributed by atoms with E-state index in [-0.39, 0.29) is 0 Å². The van der Waals surface area contributed by atoms with Gasteiger partial charge in [-0.1, -0.05) is 0 Å².